The van der Waals surface area contributed by atoms with Gasteiger partial charge in [0.05, 0.1) is 18.9 Å². The van der Waals surface area contributed by atoms with E-state index < -0.39 is 91.4 Å². The summed E-state index contributed by atoms with van der Waals surface area (Å²) >= 11 is 0. The van der Waals surface area contributed by atoms with Crippen LogP contribution in [0.4, 0.5) is 0 Å². The zero-order chi connectivity index (χ0) is 24.3. The molecular formula is C16H25N5O10. The Kier molecular flexibility index (Phi) is 11.2. The number of hydrogen-bond donors (Lipinski definition) is 8. The molecule has 31 heavy (non-hydrogen) atoms. The lowest BCUT2D eigenvalue weighted by molar-refractivity contribution is -0.143. The SMILES string of the molecule is CC(NC(=O)C(N)CC(=O)O)C(=O)NC(CC(N)=O)C(=O)NC(CCC(=O)O)C(=O)O. The quantitative estimate of drug-likeness (QED) is 0.127. The Morgan fingerprint density at radius 3 is 1.77 bits per heavy atom. The molecule has 10 N–H and O–H groups in total. The number of hydrogen-bond acceptors (Lipinski definition) is 8. The van der Waals surface area contributed by atoms with Crippen molar-refractivity contribution in [3.63, 3.8) is 0 Å². The normalized spacial score (nSPS) is 14.3. The standard InChI is InChI=1S/C16H25N5O10/c1-6(19-14(28)7(17)4-12(25)26)13(27)21-9(5-10(18)22)15(29)20-8(16(30)31)2-3-11(23)24/h6-9H,2-5,17H2,1H3,(H2,18,22)(H,19,28)(H,20,29)(H,21,27)(H,23,24)(H,25,26)(H,30,31). The molecule has 0 fully saturated rings. The summed E-state index contributed by atoms with van der Waals surface area (Å²) in [6.45, 7) is 1.19. The van der Waals surface area contributed by atoms with Gasteiger partial charge in [-0.1, -0.05) is 0 Å². The molecule has 4 atom stereocenters. The molecule has 15 nitrogen and oxygen atoms in total. The Labute approximate surface area is 175 Å². The fourth-order valence-electron chi connectivity index (χ4n) is 2.17. The highest BCUT2D eigenvalue weighted by Gasteiger charge is 2.30. The summed E-state index contributed by atoms with van der Waals surface area (Å²) in [7, 11) is 0. The number of amides is 4. The van der Waals surface area contributed by atoms with E-state index in [2.05, 4.69) is 10.6 Å². The average Bonchev–Trinajstić information content (AvgIpc) is 2.62. The van der Waals surface area contributed by atoms with Crippen molar-refractivity contribution in [2.75, 3.05) is 0 Å². The third-order valence-corrected chi connectivity index (χ3v) is 3.78. The first kappa shape index (κ1) is 27.2. The van der Waals surface area contributed by atoms with Gasteiger partial charge in [-0.25, -0.2) is 4.79 Å². The Hall–Kier alpha value is -3.75. The van der Waals surface area contributed by atoms with Gasteiger partial charge in [-0.2, -0.15) is 0 Å². The summed E-state index contributed by atoms with van der Waals surface area (Å²) in [5.41, 5.74) is 10.4. The minimum Gasteiger partial charge on any atom is -0.481 e. The Bertz CT molecular complexity index is 740. The molecule has 0 saturated heterocycles. The smallest absolute Gasteiger partial charge is 0.326 e. The van der Waals surface area contributed by atoms with Crippen molar-refractivity contribution in [3.8, 4) is 0 Å². The molecule has 0 aliphatic heterocycles. The second kappa shape index (κ2) is 12.7. The molecule has 0 rings (SSSR count). The summed E-state index contributed by atoms with van der Waals surface area (Å²) in [6.07, 6.45) is -2.44. The van der Waals surface area contributed by atoms with Crippen LogP contribution in [0.3, 0.4) is 0 Å². The van der Waals surface area contributed by atoms with Crippen LogP contribution in [0.25, 0.3) is 0 Å². The summed E-state index contributed by atoms with van der Waals surface area (Å²) in [4.78, 5) is 80.0. The molecule has 0 aromatic rings. The molecule has 0 aliphatic rings. The van der Waals surface area contributed by atoms with E-state index >= 15 is 0 Å². The van der Waals surface area contributed by atoms with E-state index in [4.69, 9.17) is 26.8 Å². The number of nitrogens with one attached hydrogen (secondary N) is 3. The Morgan fingerprint density at radius 1 is 0.774 bits per heavy atom. The van der Waals surface area contributed by atoms with Crippen LogP contribution in [0, 0.1) is 0 Å². The van der Waals surface area contributed by atoms with Crippen LogP contribution in [0.5, 0.6) is 0 Å². The third kappa shape index (κ3) is 11.1. The Morgan fingerprint density at radius 2 is 1.32 bits per heavy atom. The average molecular weight is 447 g/mol. The first-order chi connectivity index (χ1) is 14.2. The molecule has 0 saturated carbocycles. The van der Waals surface area contributed by atoms with Gasteiger partial charge in [-0.15, -0.1) is 0 Å². The summed E-state index contributed by atoms with van der Waals surface area (Å²) in [6, 6.07) is -5.98. The van der Waals surface area contributed by atoms with Gasteiger partial charge in [0.2, 0.25) is 23.6 Å². The molecule has 4 unspecified atom stereocenters. The second-order valence-corrected chi connectivity index (χ2v) is 6.50. The van der Waals surface area contributed by atoms with Gasteiger partial charge in [0.1, 0.15) is 18.1 Å². The van der Waals surface area contributed by atoms with Crippen LogP contribution in [-0.2, 0) is 33.6 Å². The van der Waals surface area contributed by atoms with Crippen LogP contribution in [-0.4, -0.2) is 81.0 Å². The molecule has 0 spiro atoms. The molecule has 4 amide bonds. The summed E-state index contributed by atoms with van der Waals surface area (Å²) in [5.74, 6) is -8.24. The molecule has 0 radical (unpaired) electrons. The van der Waals surface area contributed by atoms with Crippen LogP contribution in [0.2, 0.25) is 0 Å². The maximum atomic E-state index is 12.3. The summed E-state index contributed by atoms with van der Waals surface area (Å²) in [5, 5.41) is 32.6. The molecule has 15 heteroatoms. The van der Waals surface area contributed by atoms with Crippen molar-refractivity contribution < 1.29 is 48.9 Å². The van der Waals surface area contributed by atoms with Crippen LogP contribution in [0.1, 0.15) is 32.6 Å². The van der Waals surface area contributed by atoms with Gasteiger partial charge >= 0.3 is 17.9 Å². The number of carbonyl (C=O) groups is 7. The largest absolute Gasteiger partial charge is 0.481 e. The van der Waals surface area contributed by atoms with Crippen molar-refractivity contribution in [2.24, 2.45) is 11.5 Å². The number of carboxylic acid groups (broad SMARTS) is 3. The highest BCUT2D eigenvalue weighted by molar-refractivity contribution is 5.96. The van der Waals surface area contributed by atoms with Gasteiger partial charge in [0.15, 0.2) is 0 Å². The number of primary amides is 1. The van der Waals surface area contributed by atoms with E-state index in [1.807, 2.05) is 5.32 Å². The number of carboxylic acids is 3. The molecule has 0 aromatic carbocycles. The molecule has 174 valence electrons. The summed E-state index contributed by atoms with van der Waals surface area (Å²) < 4.78 is 0. The molecule has 0 aliphatic carbocycles. The van der Waals surface area contributed by atoms with E-state index in [0.717, 1.165) is 0 Å². The second-order valence-electron chi connectivity index (χ2n) is 6.50. The number of nitrogens with two attached hydrogens (primary N) is 2. The molecule has 0 bridgehead atoms. The number of rotatable bonds is 14. The Balaban J connectivity index is 5.15. The zero-order valence-corrected chi connectivity index (χ0v) is 16.5. The fourth-order valence-corrected chi connectivity index (χ4v) is 2.17. The van der Waals surface area contributed by atoms with Gasteiger partial charge in [0, 0.05) is 6.42 Å². The topological polar surface area (TPSA) is 268 Å². The minimum absolute atomic E-state index is 0.457. The first-order valence-electron chi connectivity index (χ1n) is 8.86. The predicted molar refractivity (Wildman–Crippen MR) is 100 cm³/mol. The van der Waals surface area contributed by atoms with Crippen LogP contribution < -0.4 is 27.4 Å². The maximum absolute atomic E-state index is 12.3. The van der Waals surface area contributed by atoms with Crippen molar-refractivity contribution in [2.45, 2.75) is 56.8 Å². The lowest BCUT2D eigenvalue weighted by atomic mass is 10.1. The minimum atomic E-state index is -1.62. The van der Waals surface area contributed by atoms with E-state index in [-0.39, 0.29) is 0 Å². The van der Waals surface area contributed by atoms with Gasteiger partial charge in [-0.05, 0) is 13.3 Å². The third-order valence-electron chi connectivity index (χ3n) is 3.78. The van der Waals surface area contributed by atoms with Gasteiger partial charge in [-0.3, -0.25) is 28.8 Å². The van der Waals surface area contributed by atoms with Crippen molar-refractivity contribution in [1.82, 2.24) is 16.0 Å². The van der Waals surface area contributed by atoms with Crippen LogP contribution in [0.15, 0.2) is 0 Å². The van der Waals surface area contributed by atoms with Crippen LogP contribution >= 0.6 is 0 Å². The number of carbonyl (C=O) groups excluding carboxylic acids is 4. The van der Waals surface area contributed by atoms with E-state index in [1.165, 1.54) is 6.92 Å². The zero-order valence-electron chi connectivity index (χ0n) is 16.5. The molecule has 0 aromatic heterocycles. The lowest BCUT2D eigenvalue weighted by Gasteiger charge is -2.23. The highest BCUT2D eigenvalue weighted by atomic mass is 16.4. The monoisotopic (exact) mass is 447 g/mol. The predicted octanol–water partition coefficient (Wildman–Crippen LogP) is -3.91. The fraction of sp³-hybridized carbons (Fsp3) is 0.562. The lowest BCUT2D eigenvalue weighted by Crippen LogP contribution is -2.57. The van der Waals surface area contributed by atoms with E-state index in [0.29, 0.717) is 0 Å². The van der Waals surface area contributed by atoms with Crippen molar-refractivity contribution >= 4 is 41.5 Å². The highest BCUT2D eigenvalue weighted by Crippen LogP contribution is 2.02. The van der Waals surface area contributed by atoms with Crippen molar-refractivity contribution in [3.05, 3.63) is 0 Å². The van der Waals surface area contributed by atoms with Gasteiger partial charge in [0.25, 0.3) is 0 Å². The molecule has 0 heterocycles. The van der Waals surface area contributed by atoms with Gasteiger partial charge < -0.3 is 42.7 Å². The van der Waals surface area contributed by atoms with Crippen molar-refractivity contribution in [1.29, 1.82) is 0 Å². The maximum Gasteiger partial charge on any atom is 0.326 e. The first-order valence-corrected chi connectivity index (χ1v) is 8.86. The number of aliphatic carboxylic acids is 3. The molecular weight excluding hydrogens is 422 g/mol. The van der Waals surface area contributed by atoms with E-state index in [9.17, 15) is 33.6 Å². The van der Waals surface area contributed by atoms with E-state index in [1.54, 1.807) is 0 Å².